The lowest BCUT2D eigenvalue weighted by atomic mass is 9.92. The van der Waals surface area contributed by atoms with Gasteiger partial charge >= 0.3 is 0 Å². The first-order chi connectivity index (χ1) is 11.9. The van der Waals surface area contributed by atoms with Crippen molar-refractivity contribution in [3.8, 4) is 0 Å². The Labute approximate surface area is 161 Å². The monoisotopic (exact) mass is 378 g/mol. The average Bonchev–Trinajstić information content (AvgIpc) is 2.56. The molecule has 5 heteroatoms. The maximum Gasteiger partial charge on any atom is 0.105 e. The molecule has 0 amide bonds. The summed E-state index contributed by atoms with van der Waals surface area (Å²) in [6.07, 6.45) is 9.38. The van der Waals surface area contributed by atoms with E-state index in [1.807, 2.05) is 0 Å². The van der Waals surface area contributed by atoms with E-state index in [0.29, 0.717) is 6.61 Å². The van der Waals surface area contributed by atoms with Crippen LogP contribution in [0.15, 0.2) is 0 Å². The minimum atomic E-state index is -1.10. The minimum Gasteiger partial charge on any atom is -0.412 e. The highest BCUT2D eigenvalue weighted by Gasteiger charge is 2.14. The van der Waals surface area contributed by atoms with E-state index in [0.717, 1.165) is 30.6 Å². The normalized spacial score (nSPS) is 16.2. The van der Waals surface area contributed by atoms with E-state index in [1.165, 1.54) is 44.9 Å². The molecule has 0 spiro atoms. The Morgan fingerprint density at radius 3 is 1.69 bits per heavy atom. The molecule has 160 valence electrons. The Balaban J connectivity index is 0. The topological polar surface area (TPSA) is 101 Å². The molecule has 26 heavy (non-hydrogen) atoms. The summed E-state index contributed by atoms with van der Waals surface area (Å²) >= 11 is 0. The molecule has 5 N–H and O–H groups in total. The Kier molecular flexibility index (Phi) is 19.6. The van der Waals surface area contributed by atoms with Gasteiger partial charge < -0.3 is 25.5 Å². The van der Waals surface area contributed by atoms with Crippen molar-refractivity contribution in [3.05, 3.63) is 0 Å². The molecule has 0 aromatic heterocycles. The lowest BCUT2D eigenvalue weighted by Crippen LogP contribution is -2.33. The van der Waals surface area contributed by atoms with Crippen LogP contribution in [0.5, 0.6) is 0 Å². The summed E-state index contributed by atoms with van der Waals surface area (Å²) in [5.74, 6) is 2.46. The van der Waals surface area contributed by atoms with Crippen molar-refractivity contribution in [3.63, 3.8) is 0 Å². The molecular weight excluding hydrogens is 332 g/mol. The molecule has 0 saturated heterocycles. The second-order valence-electron chi connectivity index (χ2n) is 8.35. The molecule has 0 aliphatic carbocycles. The van der Waals surface area contributed by atoms with Gasteiger partial charge in [0.15, 0.2) is 0 Å². The summed E-state index contributed by atoms with van der Waals surface area (Å²) < 4.78 is 5.35. The van der Waals surface area contributed by atoms with Crippen LogP contribution in [-0.2, 0) is 4.74 Å². The Hall–Kier alpha value is -0.200. The van der Waals surface area contributed by atoms with Crippen molar-refractivity contribution in [2.75, 3.05) is 19.8 Å². The molecule has 5 nitrogen and oxygen atoms in total. The molecule has 0 heterocycles. The van der Waals surface area contributed by atoms with Gasteiger partial charge in [0.05, 0.1) is 13.2 Å². The SMILES string of the molecule is CC(C)CCCC(C)CCCC(C)CCCCOC[C@H](O)[C@H](O)CO.O. The van der Waals surface area contributed by atoms with E-state index in [1.54, 1.807) is 0 Å². The average molecular weight is 379 g/mol. The van der Waals surface area contributed by atoms with E-state index in [9.17, 15) is 10.2 Å². The molecule has 0 aromatic rings. The van der Waals surface area contributed by atoms with Crippen molar-refractivity contribution in [2.45, 2.75) is 97.7 Å². The number of ether oxygens (including phenoxy) is 1. The second kappa shape index (κ2) is 18.2. The van der Waals surface area contributed by atoms with E-state index >= 15 is 0 Å². The maximum atomic E-state index is 9.45. The maximum absolute atomic E-state index is 9.45. The number of hydrogen-bond donors (Lipinski definition) is 3. The molecule has 4 atom stereocenters. The van der Waals surface area contributed by atoms with Gasteiger partial charge in [0, 0.05) is 6.61 Å². The fraction of sp³-hybridized carbons (Fsp3) is 1.00. The molecule has 0 aliphatic rings. The number of unbranched alkanes of at least 4 members (excludes halogenated alkanes) is 1. The predicted octanol–water partition coefficient (Wildman–Crippen LogP) is 3.33. The van der Waals surface area contributed by atoms with Crippen molar-refractivity contribution < 1.29 is 25.5 Å². The molecule has 0 rings (SSSR count). The Morgan fingerprint density at radius 2 is 1.19 bits per heavy atom. The quantitative estimate of drug-likeness (QED) is 0.338. The van der Waals surface area contributed by atoms with Gasteiger partial charge in [0.1, 0.15) is 12.2 Å². The molecule has 0 bridgehead atoms. The fourth-order valence-corrected chi connectivity index (χ4v) is 3.11. The van der Waals surface area contributed by atoms with Crippen LogP contribution in [0.4, 0.5) is 0 Å². The zero-order valence-electron chi connectivity index (χ0n) is 17.6. The molecule has 0 saturated carbocycles. The molecule has 0 radical (unpaired) electrons. The number of aliphatic hydroxyl groups is 3. The van der Waals surface area contributed by atoms with Gasteiger partial charge in [0.25, 0.3) is 0 Å². The van der Waals surface area contributed by atoms with Crippen LogP contribution in [0, 0.1) is 17.8 Å². The van der Waals surface area contributed by atoms with E-state index in [4.69, 9.17) is 9.84 Å². The second-order valence-corrected chi connectivity index (χ2v) is 8.35. The first-order valence-corrected chi connectivity index (χ1v) is 10.4. The number of aliphatic hydroxyl groups excluding tert-OH is 3. The fourth-order valence-electron chi connectivity index (χ4n) is 3.11. The molecule has 2 unspecified atom stereocenters. The summed E-state index contributed by atoms with van der Waals surface area (Å²) in [6.45, 7) is 9.60. The standard InChI is InChI=1S/C21H44O4.H2O/c1-17(2)9-7-11-19(4)13-8-12-18(3)10-5-6-14-25-16-21(24)20(23)15-22;/h17-24H,5-16H2,1-4H3;1H2/t18?,19?,20-,21+;/m1./s1. The van der Waals surface area contributed by atoms with Crippen LogP contribution in [0.3, 0.4) is 0 Å². The van der Waals surface area contributed by atoms with E-state index in [-0.39, 0.29) is 12.1 Å². The van der Waals surface area contributed by atoms with Crippen LogP contribution in [0.2, 0.25) is 0 Å². The highest BCUT2D eigenvalue weighted by atomic mass is 16.5. The lowest BCUT2D eigenvalue weighted by Gasteiger charge is -2.16. The largest absolute Gasteiger partial charge is 0.412 e. The summed E-state index contributed by atoms with van der Waals surface area (Å²) in [6, 6.07) is 0. The van der Waals surface area contributed by atoms with Crippen LogP contribution < -0.4 is 0 Å². The first kappa shape index (κ1) is 28.0. The van der Waals surface area contributed by atoms with Crippen LogP contribution in [-0.4, -0.2) is 52.8 Å². The summed E-state index contributed by atoms with van der Waals surface area (Å²) in [7, 11) is 0. The molecule has 0 aromatic carbocycles. The van der Waals surface area contributed by atoms with Gasteiger partial charge in [-0.1, -0.05) is 79.1 Å². The number of hydrogen-bond acceptors (Lipinski definition) is 4. The highest BCUT2D eigenvalue weighted by Crippen LogP contribution is 2.21. The van der Waals surface area contributed by atoms with Crippen molar-refractivity contribution in [1.82, 2.24) is 0 Å². The summed E-state index contributed by atoms with van der Waals surface area (Å²) in [5, 5.41) is 27.4. The summed E-state index contributed by atoms with van der Waals surface area (Å²) in [4.78, 5) is 0. The minimum absolute atomic E-state index is 0. The smallest absolute Gasteiger partial charge is 0.105 e. The van der Waals surface area contributed by atoms with Gasteiger partial charge in [-0.15, -0.1) is 0 Å². The zero-order valence-corrected chi connectivity index (χ0v) is 17.6. The third kappa shape index (κ3) is 17.2. The third-order valence-electron chi connectivity index (χ3n) is 5.03. The van der Waals surface area contributed by atoms with Crippen LogP contribution in [0.25, 0.3) is 0 Å². The van der Waals surface area contributed by atoms with Gasteiger partial charge in [0.2, 0.25) is 0 Å². The number of rotatable bonds is 17. The van der Waals surface area contributed by atoms with Gasteiger partial charge in [-0.05, 0) is 24.2 Å². The zero-order chi connectivity index (χ0) is 19.1. The van der Waals surface area contributed by atoms with Crippen molar-refractivity contribution in [1.29, 1.82) is 0 Å². The van der Waals surface area contributed by atoms with Crippen LogP contribution in [0.1, 0.15) is 85.5 Å². The van der Waals surface area contributed by atoms with E-state index < -0.39 is 18.8 Å². The Bertz CT molecular complexity index is 286. The predicted molar refractivity (Wildman–Crippen MR) is 108 cm³/mol. The van der Waals surface area contributed by atoms with Crippen molar-refractivity contribution >= 4 is 0 Å². The van der Waals surface area contributed by atoms with Crippen LogP contribution >= 0.6 is 0 Å². The highest BCUT2D eigenvalue weighted by molar-refractivity contribution is 4.64. The van der Waals surface area contributed by atoms with E-state index in [2.05, 4.69) is 27.7 Å². The van der Waals surface area contributed by atoms with Crippen molar-refractivity contribution in [2.24, 2.45) is 17.8 Å². The third-order valence-corrected chi connectivity index (χ3v) is 5.03. The first-order valence-electron chi connectivity index (χ1n) is 10.4. The van der Waals surface area contributed by atoms with Gasteiger partial charge in [-0.3, -0.25) is 0 Å². The van der Waals surface area contributed by atoms with Gasteiger partial charge in [-0.25, -0.2) is 0 Å². The van der Waals surface area contributed by atoms with Gasteiger partial charge in [-0.2, -0.15) is 0 Å². The Morgan fingerprint density at radius 1 is 0.692 bits per heavy atom. The molecule has 0 aliphatic heterocycles. The summed E-state index contributed by atoms with van der Waals surface area (Å²) in [5.41, 5.74) is 0. The lowest BCUT2D eigenvalue weighted by molar-refractivity contribution is -0.0571. The molecular formula is C21H46O5. The molecule has 0 fully saturated rings.